The third kappa shape index (κ3) is 3.09. The van der Waals surface area contributed by atoms with Gasteiger partial charge < -0.3 is 9.47 Å². The zero-order valence-corrected chi connectivity index (χ0v) is 15.4. The van der Waals surface area contributed by atoms with Crippen LogP contribution in [0.2, 0.25) is 5.02 Å². The molecule has 0 radical (unpaired) electrons. The van der Waals surface area contributed by atoms with Crippen molar-refractivity contribution in [3.05, 3.63) is 57.9 Å². The first-order chi connectivity index (χ1) is 11.5. The van der Waals surface area contributed by atoms with E-state index in [4.69, 9.17) is 11.6 Å². The quantitative estimate of drug-likeness (QED) is 0.703. The van der Waals surface area contributed by atoms with Crippen LogP contribution in [0.25, 0.3) is 10.2 Å². The van der Waals surface area contributed by atoms with Gasteiger partial charge in [0, 0.05) is 31.9 Å². The number of halogens is 1. The van der Waals surface area contributed by atoms with Gasteiger partial charge in [-0.2, -0.15) is 4.99 Å². The summed E-state index contributed by atoms with van der Waals surface area (Å²) in [5.41, 5.74) is 2.55. The Morgan fingerprint density at radius 1 is 1.21 bits per heavy atom. The van der Waals surface area contributed by atoms with Crippen LogP contribution in [0.15, 0.2) is 47.5 Å². The summed E-state index contributed by atoms with van der Waals surface area (Å²) in [5, 5.41) is 0.676. The molecule has 24 heavy (non-hydrogen) atoms. The predicted octanol–water partition coefficient (Wildman–Crippen LogP) is 4.18. The van der Waals surface area contributed by atoms with Gasteiger partial charge in [0.2, 0.25) is 0 Å². The number of aromatic nitrogens is 1. The summed E-state index contributed by atoms with van der Waals surface area (Å²) in [6.07, 6.45) is 0. The van der Waals surface area contributed by atoms with E-state index in [0.717, 1.165) is 15.9 Å². The zero-order valence-electron chi connectivity index (χ0n) is 13.8. The molecule has 0 aliphatic rings. The van der Waals surface area contributed by atoms with Crippen molar-refractivity contribution in [3.8, 4) is 0 Å². The van der Waals surface area contributed by atoms with Gasteiger partial charge in [0.05, 0.1) is 15.2 Å². The number of rotatable bonds is 3. The minimum absolute atomic E-state index is 0.245. The third-order valence-electron chi connectivity index (χ3n) is 3.80. The maximum atomic E-state index is 12.5. The molecule has 0 unspecified atom stereocenters. The molecule has 3 aromatic rings. The van der Waals surface area contributed by atoms with E-state index in [0.29, 0.717) is 21.9 Å². The van der Waals surface area contributed by atoms with Crippen molar-refractivity contribution in [2.24, 2.45) is 4.99 Å². The molecule has 4 nitrogen and oxygen atoms in total. The standard InChI is InChI=1S/C18H18ClN3OS/c1-4-22-16-14(19)6-5-7-15(16)24-18(22)20-17(23)12-8-10-13(11-9-12)21(2)3/h5-11H,4H2,1-3H3. The van der Waals surface area contributed by atoms with Crippen LogP contribution in [0, 0.1) is 0 Å². The van der Waals surface area contributed by atoms with Crippen molar-refractivity contribution in [1.29, 1.82) is 0 Å². The molecule has 124 valence electrons. The smallest absolute Gasteiger partial charge is 0.279 e. The van der Waals surface area contributed by atoms with Crippen LogP contribution in [0.3, 0.4) is 0 Å². The lowest BCUT2D eigenvalue weighted by Gasteiger charge is -2.11. The molecule has 0 fully saturated rings. The van der Waals surface area contributed by atoms with E-state index in [-0.39, 0.29) is 5.91 Å². The fraction of sp³-hybridized carbons (Fsp3) is 0.222. The van der Waals surface area contributed by atoms with Crippen molar-refractivity contribution in [3.63, 3.8) is 0 Å². The van der Waals surface area contributed by atoms with Crippen LogP contribution in [-0.4, -0.2) is 24.6 Å². The van der Waals surface area contributed by atoms with Gasteiger partial charge in [-0.3, -0.25) is 4.79 Å². The number of hydrogen-bond donors (Lipinski definition) is 0. The average Bonchev–Trinajstić information content (AvgIpc) is 2.93. The summed E-state index contributed by atoms with van der Waals surface area (Å²) in [7, 11) is 3.93. The van der Waals surface area contributed by atoms with Gasteiger partial charge in [-0.1, -0.05) is 29.0 Å². The minimum Gasteiger partial charge on any atom is -0.378 e. The van der Waals surface area contributed by atoms with Gasteiger partial charge in [-0.05, 0) is 43.3 Å². The molecule has 2 aromatic carbocycles. The summed E-state index contributed by atoms with van der Waals surface area (Å²) in [6.45, 7) is 2.72. The second kappa shape index (κ2) is 6.79. The molecule has 0 atom stereocenters. The Hall–Kier alpha value is -2.11. The van der Waals surface area contributed by atoms with Crippen molar-refractivity contribution in [2.75, 3.05) is 19.0 Å². The summed E-state index contributed by atoms with van der Waals surface area (Å²) >= 11 is 7.79. The van der Waals surface area contributed by atoms with E-state index < -0.39 is 0 Å². The summed E-state index contributed by atoms with van der Waals surface area (Å²) in [6, 6.07) is 13.2. The second-order valence-electron chi connectivity index (χ2n) is 5.57. The molecule has 1 amide bonds. The van der Waals surface area contributed by atoms with E-state index in [1.807, 2.05) is 60.8 Å². The van der Waals surface area contributed by atoms with Crippen LogP contribution < -0.4 is 9.70 Å². The third-order valence-corrected chi connectivity index (χ3v) is 5.14. The first-order valence-corrected chi connectivity index (χ1v) is 8.85. The second-order valence-corrected chi connectivity index (χ2v) is 6.99. The van der Waals surface area contributed by atoms with E-state index in [2.05, 4.69) is 4.99 Å². The molecule has 0 N–H and O–H groups in total. The summed E-state index contributed by atoms with van der Waals surface area (Å²) in [5.74, 6) is -0.245. The molecule has 0 saturated heterocycles. The number of amides is 1. The number of nitrogens with zero attached hydrogens (tertiary/aromatic N) is 3. The Morgan fingerprint density at radius 3 is 2.54 bits per heavy atom. The number of benzene rings is 2. The summed E-state index contributed by atoms with van der Waals surface area (Å²) < 4.78 is 3.01. The molecule has 1 aromatic heterocycles. The lowest BCUT2D eigenvalue weighted by Crippen LogP contribution is -2.16. The minimum atomic E-state index is -0.245. The van der Waals surface area contributed by atoms with Crippen molar-refractivity contribution < 1.29 is 4.79 Å². The normalized spacial score (nSPS) is 11.9. The Kier molecular flexibility index (Phi) is 4.73. The van der Waals surface area contributed by atoms with Crippen LogP contribution in [0.1, 0.15) is 17.3 Å². The molecule has 0 saturated carbocycles. The highest BCUT2D eigenvalue weighted by molar-refractivity contribution is 7.16. The summed E-state index contributed by atoms with van der Waals surface area (Å²) in [4.78, 5) is 19.5. The highest BCUT2D eigenvalue weighted by atomic mass is 35.5. The maximum Gasteiger partial charge on any atom is 0.279 e. The molecule has 0 aliphatic carbocycles. The number of para-hydroxylation sites is 1. The monoisotopic (exact) mass is 359 g/mol. The average molecular weight is 360 g/mol. The molecule has 1 heterocycles. The van der Waals surface area contributed by atoms with Gasteiger partial charge >= 0.3 is 0 Å². The van der Waals surface area contributed by atoms with Crippen molar-refractivity contribution >= 4 is 44.7 Å². The lowest BCUT2D eigenvalue weighted by molar-refractivity contribution is 0.0998. The molecular formula is C18H18ClN3OS. The first-order valence-electron chi connectivity index (χ1n) is 7.65. The number of hydrogen-bond acceptors (Lipinski definition) is 3. The fourth-order valence-electron chi connectivity index (χ4n) is 2.52. The van der Waals surface area contributed by atoms with Crippen molar-refractivity contribution in [1.82, 2.24) is 4.57 Å². The molecule has 0 spiro atoms. The maximum absolute atomic E-state index is 12.5. The predicted molar refractivity (Wildman–Crippen MR) is 101 cm³/mol. The van der Waals surface area contributed by atoms with Gasteiger partial charge in [-0.15, -0.1) is 0 Å². The van der Waals surface area contributed by atoms with Gasteiger partial charge in [-0.25, -0.2) is 0 Å². The first kappa shape index (κ1) is 16.7. The Balaban J connectivity index is 2.06. The van der Waals surface area contributed by atoms with Crippen LogP contribution >= 0.6 is 22.9 Å². The number of fused-ring (bicyclic) bond motifs is 1. The van der Waals surface area contributed by atoms with Gasteiger partial charge in [0.25, 0.3) is 5.91 Å². The number of carbonyl (C=O) groups is 1. The molecular weight excluding hydrogens is 342 g/mol. The van der Waals surface area contributed by atoms with E-state index in [1.165, 1.54) is 11.3 Å². The van der Waals surface area contributed by atoms with Crippen LogP contribution in [0.5, 0.6) is 0 Å². The fourth-order valence-corrected chi connectivity index (χ4v) is 3.97. The van der Waals surface area contributed by atoms with Gasteiger partial charge in [0.1, 0.15) is 0 Å². The molecule has 3 rings (SSSR count). The topological polar surface area (TPSA) is 37.6 Å². The van der Waals surface area contributed by atoms with E-state index in [9.17, 15) is 4.79 Å². The lowest BCUT2D eigenvalue weighted by atomic mass is 10.2. The number of thiazole rings is 1. The Bertz CT molecular complexity index is 955. The van der Waals surface area contributed by atoms with E-state index in [1.54, 1.807) is 12.1 Å². The Labute approximate surface area is 149 Å². The number of carbonyl (C=O) groups excluding carboxylic acids is 1. The van der Waals surface area contributed by atoms with Crippen LogP contribution in [0.4, 0.5) is 5.69 Å². The van der Waals surface area contributed by atoms with Crippen LogP contribution in [-0.2, 0) is 6.54 Å². The SMILES string of the molecule is CCn1c(=NC(=O)c2ccc(N(C)C)cc2)sc2cccc(Cl)c21. The largest absolute Gasteiger partial charge is 0.378 e. The molecule has 0 aliphatic heterocycles. The van der Waals surface area contributed by atoms with E-state index >= 15 is 0 Å². The highest BCUT2D eigenvalue weighted by Crippen LogP contribution is 2.25. The number of aryl methyl sites for hydroxylation is 1. The zero-order chi connectivity index (χ0) is 17.3. The Morgan fingerprint density at radius 2 is 1.92 bits per heavy atom. The van der Waals surface area contributed by atoms with Gasteiger partial charge in [0.15, 0.2) is 4.80 Å². The number of anilines is 1. The van der Waals surface area contributed by atoms with Crippen molar-refractivity contribution in [2.45, 2.75) is 13.5 Å². The molecule has 0 bridgehead atoms. The molecule has 6 heteroatoms. The highest BCUT2D eigenvalue weighted by Gasteiger charge is 2.10.